The van der Waals surface area contributed by atoms with Gasteiger partial charge in [0.05, 0.1) is 0 Å². The van der Waals surface area contributed by atoms with Gasteiger partial charge in [-0.2, -0.15) is 0 Å². The van der Waals surface area contributed by atoms with Gasteiger partial charge in [-0.15, -0.1) is 0 Å². The Morgan fingerprint density at radius 2 is 1.92 bits per heavy atom. The maximum Gasteiger partial charge on any atom is 0.255 e. The topological polar surface area (TPSA) is 69.7 Å². The number of nitrogens with one attached hydrogen (secondary N) is 1. The lowest BCUT2D eigenvalue weighted by molar-refractivity contribution is -0.141. The molecule has 6 nitrogen and oxygen atoms in total. The molecule has 0 radical (unpaired) electrons. The highest BCUT2D eigenvalue weighted by Gasteiger charge is 2.37. The van der Waals surface area contributed by atoms with Gasteiger partial charge in [-0.1, -0.05) is 25.1 Å². The van der Waals surface area contributed by atoms with Gasteiger partial charge in [0.2, 0.25) is 11.8 Å². The second kappa shape index (κ2) is 8.17. The SMILES string of the molecule is C=CC(=O)NCc1ccc(C(=O)N2CCC(=O)N3CCCCCC32)cc1. The second-order valence-corrected chi connectivity index (χ2v) is 6.78. The molecule has 1 unspecified atom stereocenters. The Kier molecular flexibility index (Phi) is 5.71. The van der Waals surface area contributed by atoms with Gasteiger partial charge in [0.15, 0.2) is 0 Å². The van der Waals surface area contributed by atoms with E-state index in [-0.39, 0.29) is 23.9 Å². The van der Waals surface area contributed by atoms with Crippen LogP contribution in [0.25, 0.3) is 0 Å². The van der Waals surface area contributed by atoms with Crippen LogP contribution in [0.1, 0.15) is 48.0 Å². The molecule has 2 heterocycles. The first-order valence-electron chi connectivity index (χ1n) is 9.20. The van der Waals surface area contributed by atoms with Crippen LogP contribution in [0.15, 0.2) is 36.9 Å². The van der Waals surface area contributed by atoms with E-state index in [0.29, 0.717) is 25.1 Å². The van der Waals surface area contributed by atoms with Gasteiger partial charge in [-0.05, 0) is 43.0 Å². The zero-order valence-electron chi connectivity index (χ0n) is 14.9. The molecule has 1 aromatic carbocycles. The Labute approximate surface area is 153 Å². The minimum absolute atomic E-state index is 0.0314. The lowest BCUT2D eigenvalue weighted by atomic mass is 10.1. The summed E-state index contributed by atoms with van der Waals surface area (Å²) < 4.78 is 0. The van der Waals surface area contributed by atoms with Crippen molar-refractivity contribution in [3.63, 3.8) is 0 Å². The van der Waals surface area contributed by atoms with Crippen LogP contribution in [-0.4, -0.2) is 46.8 Å². The molecule has 6 heteroatoms. The van der Waals surface area contributed by atoms with Crippen LogP contribution in [0, 0.1) is 0 Å². The number of benzene rings is 1. The molecule has 1 N–H and O–H groups in total. The van der Waals surface area contributed by atoms with Crippen LogP contribution in [0.4, 0.5) is 0 Å². The molecule has 0 aliphatic carbocycles. The molecule has 2 saturated heterocycles. The molecule has 0 saturated carbocycles. The monoisotopic (exact) mass is 355 g/mol. The first-order chi connectivity index (χ1) is 12.6. The van der Waals surface area contributed by atoms with Crippen LogP contribution in [0.5, 0.6) is 0 Å². The van der Waals surface area contributed by atoms with Crippen molar-refractivity contribution < 1.29 is 14.4 Å². The van der Waals surface area contributed by atoms with Gasteiger partial charge in [0.25, 0.3) is 5.91 Å². The fourth-order valence-corrected chi connectivity index (χ4v) is 3.64. The minimum Gasteiger partial charge on any atom is -0.348 e. The highest BCUT2D eigenvalue weighted by Crippen LogP contribution is 2.26. The first kappa shape index (κ1) is 18.2. The normalized spacial score (nSPS) is 20.2. The molecule has 0 spiro atoms. The Bertz CT molecular complexity index is 699. The summed E-state index contributed by atoms with van der Waals surface area (Å²) in [6, 6.07) is 7.26. The summed E-state index contributed by atoms with van der Waals surface area (Å²) in [5.74, 6) is -0.0954. The molecule has 2 aliphatic rings. The van der Waals surface area contributed by atoms with Gasteiger partial charge in [0.1, 0.15) is 6.17 Å². The Morgan fingerprint density at radius 1 is 1.15 bits per heavy atom. The molecule has 1 aromatic rings. The van der Waals surface area contributed by atoms with Gasteiger partial charge in [0, 0.05) is 31.6 Å². The summed E-state index contributed by atoms with van der Waals surface area (Å²) in [4.78, 5) is 40.2. The number of fused-ring (bicyclic) bond motifs is 1. The van der Waals surface area contributed by atoms with Crippen molar-refractivity contribution in [2.24, 2.45) is 0 Å². The molecule has 0 aromatic heterocycles. The Hall–Kier alpha value is -2.63. The number of hydrogen-bond donors (Lipinski definition) is 1. The number of hydrogen-bond acceptors (Lipinski definition) is 3. The van der Waals surface area contributed by atoms with Crippen molar-refractivity contribution in [3.05, 3.63) is 48.0 Å². The molecular formula is C20H25N3O3. The number of nitrogens with zero attached hydrogens (tertiary/aromatic N) is 2. The number of carbonyl (C=O) groups is 3. The van der Waals surface area contributed by atoms with Crippen molar-refractivity contribution in [2.75, 3.05) is 13.1 Å². The highest BCUT2D eigenvalue weighted by molar-refractivity contribution is 5.95. The molecule has 3 amide bonds. The maximum atomic E-state index is 13.0. The van der Waals surface area contributed by atoms with Gasteiger partial charge < -0.3 is 15.1 Å². The van der Waals surface area contributed by atoms with E-state index < -0.39 is 0 Å². The van der Waals surface area contributed by atoms with E-state index in [4.69, 9.17) is 0 Å². The van der Waals surface area contributed by atoms with Gasteiger partial charge >= 0.3 is 0 Å². The molecule has 26 heavy (non-hydrogen) atoms. The third-order valence-electron chi connectivity index (χ3n) is 5.08. The van der Waals surface area contributed by atoms with Crippen LogP contribution < -0.4 is 5.32 Å². The van der Waals surface area contributed by atoms with E-state index >= 15 is 0 Å². The zero-order valence-corrected chi connectivity index (χ0v) is 14.9. The molecule has 1 atom stereocenters. The second-order valence-electron chi connectivity index (χ2n) is 6.78. The van der Waals surface area contributed by atoms with Gasteiger partial charge in [-0.3, -0.25) is 14.4 Å². The van der Waals surface area contributed by atoms with E-state index in [1.54, 1.807) is 12.1 Å². The van der Waals surface area contributed by atoms with Crippen LogP contribution in [0.3, 0.4) is 0 Å². The largest absolute Gasteiger partial charge is 0.348 e. The lowest BCUT2D eigenvalue weighted by Crippen LogP contribution is -2.57. The molecule has 2 fully saturated rings. The van der Waals surface area contributed by atoms with Crippen LogP contribution in [0.2, 0.25) is 0 Å². The maximum absolute atomic E-state index is 13.0. The average molecular weight is 355 g/mol. The summed E-state index contributed by atoms with van der Waals surface area (Å²) in [6.07, 6.45) is 5.52. The molecule has 138 valence electrons. The summed E-state index contributed by atoms with van der Waals surface area (Å²) in [5.41, 5.74) is 1.53. The molecular weight excluding hydrogens is 330 g/mol. The van der Waals surface area contributed by atoms with Crippen molar-refractivity contribution in [3.8, 4) is 0 Å². The summed E-state index contributed by atoms with van der Waals surface area (Å²) in [6.45, 7) is 5.04. The van der Waals surface area contributed by atoms with Crippen LogP contribution in [-0.2, 0) is 16.1 Å². The number of rotatable bonds is 4. The first-order valence-corrected chi connectivity index (χ1v) is 9.20. The molecule has 2 aliphatic heterocycles. The predicted octanol–water partition coefficient (Wildman–Crippen LogP) is 2.06. The van der Waals surface area contributed by atoms with E-state index in [0.717, 1.165) is 37.8 Å². The van der Waals surface area contributed by atoms with Crippen molar-refractivity contribution in [1.82, 2.24) is 15.1 Å². The van der Waals surface area contributed by atoms with Crippen molar-refractivity contribution in [2.45, 2.75) is 44.8 Å². The molecule has 3 rings (SSSR count). The quantitative estimate of drug-likeness (QED) is 0.841. The van der Waals surface area contributed by atoms with Gasteiger partial charge in [-0.25, -0.2) is 0 Å². The fourth-order valence-electron chi connectivity index (χ4n) is 3.64. The Morgan fingerprint density at radius 3 is 2.65 bits per heavy atom. The smallest absolute Gasteiger partial charge is 0.255 e. The summed E-state index contributed by atoms with van der Waals surface area (Å²) in [5, 5.41) is 2.71. The number of carbonyl (C=O) groups excluding carboxylic acids is 3. The van der Waals surface area contributed by atoms with E-state index in [9.17, 15) is 14.4 Å². The third-order valence-corrected chi connectivity index (χ3v) is 5.08. The third kappa shape index (κ3) is 3.95. The minimum atomic E-state index is -0.225. The van der Waals surface area contributed by atoms with E-state index in [1.807, 2.05) is 21.9 Å². The fraction of sp³-hybridized carbons (Fsp3) is 0.450. The average Bonchev–Trinajstić information content (AvgIpc) is 2.93. The van der Waals surface area contributed by atoms with Crippen LogP contribution >= 0.6 is 0 Å². The summed E-state index contributed by atoms with van der Waals surface area (Å²) in [7, 11) is 0. The molecule has 0 bridgehead atoms. The van der Waals surface area contributed by atoms with E-state index in [2.05, 4.69) is 11.9 Å². The van der Waals surface area contributed by atoms with Crippen molar-refractivity contribution >= 4 is 17.7 Å². The van der Waals surface area contributed by atoms with E-state index in [1.165, 1.54) is 6.08 Å². The zero-order chi connectivity index (χ0) is 18.5. The Balaban J connectivity index is 1.70. The number of amides is 3. The highest BCUT2D eigenvalue weighted by atomic mass is 16.2. The predicted molar refractivity (Wildman–Crippen MR) is 98.1 cm³/mol. The lowest BCUT2D eigenvalue weighted by Gasteiger charge is -2.43. The standard InChI is InChI=1S/C20H25N3O3/c1-2-17(24)21-14-15-7-9-16(10-8-15)20(26)23-13-11-19(25)22-12-5-3-4-6-18(22)23/h2,7-10,18H,1,3-6,11-14H2,(H,21,24). The van der Waals surface area contributed by atoms with Crippen molar-refractivity contribution in [1.29, 1.82) is 0 Å². The summed E-state index contributed by atoms with van der Waals surface area (Å²) >= 11 is 0.